The van der Waals surface area contributed by atoms with E-state index in [0.29, 0.717) is 0 Å². The largest absolute Gasteiger partial charge is 0.0651 e. The van der Waals surface area contributed by atoms with Gasteiger partial charge >= 0.3 is 0 Å². The second-order valence-electron chi connectivity index (χ2n) is 9.81. The van der Waals surface area contributed by atoms with Gasteiger partial charge in [0, 0.05) is 0 Å². The summed E-state index contributed by atoms with van der Waals surface area (Å²) in [5.41, 5.74) is 0. The fourth-order valence-corrected chi connectivity index (χ4v) is 6.53. The zero-order chi connectivity index (χ0) is 16.1. The van der Waals surface area contributed by atoms with Crippen LogP contribution in [0.15, 0.2) is 0 Å². The van der Waals surface area contributed by atoms with Crippen molar-refractivity contribution in [2.24, 2.45) is 35.5 Å². The smallest absolute Gasteiger partial charge is 0.0409 e. The SMILES string of the molecule is CCC1CCC[C@@H](CC2CCC[C@@H](CC3CCC[C@@H](C)C3)C2)C1. The summed E-state index contributed by atoms with van der Waals surface area (Å²) >= 11 is 0. The maximum absolute atomic E-state index is 2.49. The Morgan fingerprint density at radius 1 is 0.565 bits per heavy atom. The zero-order valence-electron chi connectivity index (χ0n) is 16.1. The first kappa shape index (κ1) is 17.8. The molecule has 0 radical (unpaired) electrons. The van der Waals surface area contributed by atoms with E-state index in [1.54, 1.807) is 64.2 Å². The van der Waals surface area contributed by atoms with Crippen molar-refractivity contribution in [3.63, 3.8) is 0 Å². The van der Waals surface area contributed by atoms with Crippen LogP contribution in [-0.4, -0.2) is 0 Å². The highest BCUT2D eigenvalue weighted by Gasteiger charge is 2.29. The zero-order valence-corrected chi connectivity index (χ0v) is 16.1. The monoisotopic (exact) mass is 318 g/mol. The molecule has 6 atom stereocenters. The Labute approximate surface area is 146 Å². The minimum absolute atomic E-state index is 1.02. The van der Waals surface area contributed by atoms with E-state index in [1.807, 2.05) is 0 Å². The maximum Gasteiger partial charge on any atom is -0.0409 e. The van der Waals surface area contributed by atoms with Crippen molar-refractivity contribution in [2.45, 2.75) is 110 Å². The van der Waals surface area contributed by atoms with E-state index in [4.69, 9.17) is 0 Å². The van der Waals surface area contributed by atoms with Crippen molar-refractivity contribution in [2.75, 3.05) is 0 Å². The minimum atomic E-state index is 1.02. The van der Waals surface area contributed by atoms with Crippen molar-refractivity contribution < 1.29 is 0 Å². The third kappa shape index (κ3) is 5.50. The first-order valence-electron chi connectivity index (χ1n) is 11.2. The van der Waals surface area contributed by atoms with E-state index in [0.717, 1.165) is 35.5 Å². The van der Waals surface area contributed by atoms with E-state index in [2.05, 4.69) is 13.8 Å². The molecule has 3 saturated carbocycles. The van der Waals surface area contributed by atoms with E-state index in [-0.39, 0.29) is 0 Å². The van der Waals surface area contributed by atoms with Gasteiger partial charge in [0.15, 0.2) is 0 Å². The summed E-state index contributed by atoms with van der Waals surface area (Å²) in [4.78, 5) is 0. The number of hydrogen-bond acceptors (Lipinski definition) is 0. The highest BCUT2D eigenvalue weighted by Crippen LogP contribution is 2.42. The second kappa shape index (κ2) is 8.91. The summed E-state index contributed by atoms with van der Waals surface area (Å²) in [6.07, 6.45) is 23.2. The highest BCUT2D eigenvalue weighted by molar-refractivity contribution is 4.81. The molecule has 3 aliphatic rings. The van der Waals surface area contributed by atoms with Gasteiger partial charge < -0.3 is 0 Å². The molecule has 0 bridgehead atoms. The van der Waals surface area contributed by atoms with Crippen LogP contribution in [-0.2, 0) is 0 Å². The van der Waals surface area contributed by atoms with Crippen LogP contribution >= 0.6 is 0 Å². The predicted octanol–water partition coefficient (Wildman–Crippen LogP) is 7.62. The molecule has 0 aliphatic heterocycles. The van der Waals surface area contributed by atoms with Crippen molar-refractivity contribution in [3.8, 4) is 0 Å². The van der Waals surface area contributed by atoms with Gasteiger partial charge in [-0.05, 0) is 67.6 Å². The van der Waals surface area contributed by atoms with E-state index >= 15 is 0 Å². The van der Waals surface area contributed by atoms with Gasteiger partial charge in [0.1, 0.15) is 0 Å². The van der Waals surface area contributed by atoms with Gasteiger partial charge in [-0.15, -0.1) is 0 Å². The van der Waals surface area contributed by atoms with Crippen LogP contribution in [0.3, 0.4) is 0 Å². The predicted molar refractivity (Wildman–Crippen MR) is 102 cm³/mol. The lowest BCUT2D eigenvalue weighted by molar-refractivity contribution is 0.152. The molecule has 0 nitrogen and oxygen atoms in total. The molecule has 0 saturated heterocycles. The van der Waals surface area contributed by atoms with Gasteiger partial charge in [0.05, 0.1) is 0 Å². The summed E-state index contributed by atoms with van der Waals surface area (Å²) in [6, 6.07) is 0. The quantitative estimate of drug-likeness (QED) is 0.489. The van der Waals surface area contributed by atoms with Crippen LogP contribution in [0.25, 0.3) is 0 Å². The Morgan fingerprint density at radius 3 is 1.52 bits per heavy atom. The first-order valence-corrected chi connectivity index (χ1v) is 11.2. The Hall–Kier alpha value is 0. The van der Waals surface area contributed by atoms with Crippen LogP contribution in [0.4, 0.5) is 0 Å². The molecule has 0 heterocycles. The minimum Gasteiger partial charge on any atom is -0.0651 e. The lowest BCUT2D eigenvalue weighted by Gasteiger charge is -2.37. The molecule has 3 fully saturated rings. The first-order chi connectivity index (χ1) is 11.2. The Bertz CT molecular complexity index is 333. The van der Waals surface area contributed by atoms with Gasteiger partial charge in [-0.3, -0.25) is 0 Å². The maximum atomic E-state index is 2.49. The summed E-state index contributed by atoms with van der Waals surface area (Å²) in [6.45, 7) is 4.90. The number of hydrogen-bond donors (Lipinski definition) is 0. The van der Waals surface area contributed by atoms with Crippen LogP contribution < -0.4 is 0 Å². The van der Waals surface area contributed by atoms with Crippen molar-refractivity contribution in [1.29, 1.82) is 0 Å². The second-order valence-corrected chi connectivity index (χ2v) is 9.81. The lowest BCUT2D eigenvalue weighted by atomic mass is 9.69. The average molecular weight is 319 g/mol. The molecule has 3 aliphatic carbocycles. The van der Waals surface area contributed by atoms with Crippen molar-refractivity contribution >= 4 is 0 Å². The molecule has 0 amide bonds. The molecule has 3 unspecified atom stereocenters. The van der Waals surface area contributed by atoms with Crippen LogP contribution in [0.2, 0.25) is 0 Å². The summed E-state index contributed by atoms with van der Waals surface area (Å²) in [5.74, 6) is 6.44. The molecular formula is C23H42. The van der Waals surface area contributed by atoms with Gasteiger partial charge in [0.25, 0.3) is 0 Å². The normalized spacial score (nSPS) is 42.5. The molecule has 0 aromatic carbocycles. The van der Waals surface area contributed by atoms with Crippen molar-refractivity contribution in [3.05, 3.63) is 0 Å². The van der Waals surface area contributed by atoms with Crippen LogP contribution in [0, 0.1) is 35.5 Å². The Balaban J connectivity index is 1.42. The van der Waals surface area contributed by atoms with Gasteiger partial charge in [-0.2, -0.15) is 0 Å². The Morgan fingerprint density at radius 2 is 1.00 bits per heavy atom. The highest BCUT2D eigenvalue weighted by atomic mass is 14.3. The molecule has 0 aromatic rings. The van der Waals surface area contributed by atoms with Crippen LogP contribution in [0.5, 0.6) is 0 Å². The van der Waals surface area contributed by atoms with Gasteiger partial charge in [-0.25, -0.2) is 0 Å². The summed E-state index contributed by atoms with van der Waals surface area (Å²) in [7, 11) is 0. The third-order valence-electron chi connectivity index (χ3n) is 7.74. The molecule has 134 valence electrons. The van der Waals surface area contributed by atoms with E-state index in [9.17, 15) is 0 Å². The molecule has 0 aromatic heterocycles. The van der Waals surface area contributed by atoms with E-state index in [1.165, 1.54) is 32.1 Å². The Kier molecular flexibility index (Phi) is 6.90. The summed E-state index contributed by atoms with van der Waals surface area (Å²) in [5, 5.41) is 0. The standard InChI is InChI=1S/C23H42/c1-3-19-8-5-10-21(14-19)16-23-12-6-11-22(17-23)15-20-9-4-7-18(2)13-20/h18-23H,3-17H2,1-2H3/t18-,19?,20?,21-,22+,23?/m1/s1. The molecule has 0 spiro atoms. The topological polar surface area (TPSA) is 0 Å². The molecule has 3 rings (SSSR count). The van der Waals surface area contributed by atoms with Gasteiger partial charge in [0.2, 0.25) is 0 Å². The molecule has 0 N–H and O–H groups in total. The third-order valence-corrected chi connectivity index (χ3v) is 7.74. The summed E-state index contributed by atoms with van der Waals surface area (Å²) < 4.78 is 0. The fraction of sp³-hybridized carbons (Fsp3) is 1.00. The average Bonchev–Trinajstić information content (AvgIpc) is 2.55. The van der Waals surface area contributed by atoms with Gasteiger partial charge in [-0.1, -0.05) is 78.1 Å². The lowest BCUT2D eigenvalue weighted by Crippen LogP contribution is -2.24. The van der Waals surface area contributed by atoms with Crippen molar-refractivity contribution in [1.82, 2.24) is 0 Å². The van der Waals surface area contributed by atoms with Crippen LogP contribution in [0.1, 0.15) is 110 Å². The molecule has 0 heteroatoms. The molecule has 23 heavy (non-hydrogen) atoms. The number of rotatable bonds is 5. The molecular weight excluding hydrogens is 276 g/mol. The fourth-order valence-electron chi connectivity index (χ4n) is 6.53. The van der Waals surface area contributed by atoms with E-state index < -0.39 is 0 Å².